The molecule has 7 heteroatoms. The average molecular weight is 396 g/mol. The molecule has 1 aliphatic heterocycles. The number of urea groups is 1. The quantitative estimate of drug-likeness (QED) is 0.751. The summed E-state index contributed by atoms with van der Waals surface area (Å²) in [4.78, 5) is 38.0. The van der Waals surface area contributed by atoms with Crippen molar-refractivity contribution in [3.8, 4) is 0 Å². The van der Waals surface area contributed by atoms with E-state index in [9.17, 15) is 14.4 Å². The zero-order chi connectivity index (χ0) is 18.1. The Morgan fingerprint density at radius 1 is 1.33 bits per heavy atom. The Kier molecular flexibility index (Phi) is 5.32. The summed E-state index contributed by atoms with van der Waals surface area (Å²) in [6.07, 6.45) is 0. The molecule has 1 heterocycles. The van der Waals surface area contributed by atoms with E-state index in [1.54, 1.807) is 25.1 Å². The summed E-state index contributed by atoms with van der Waals surface area (Å²) in [6, 6.07) is 6.59. The van der Waals surface area contributed by atoms with Gasteiger partial charge in [0.05, 0.1) is 0 Å². The number of rotatable bonds is 5. The summed E-state index contributed by atoms with van der Waals surface area (Å²) in [5.41, 5.74) is -0.515. The third kappa shape index (κ3) is 3.61. The maximum absolute atomic E-state index is 12.8. The number of amides is 4. The Hall–Kier alpha value is -1.89. The van der Waals surface area contributed by atoms with Crippen LogP contribution in [0.2, 0.25) is 0 Å². The molecule has 1 aromatic carbocycles. The van der Waals surface area contributed by atoms with Crippen molar-refractivity contribution >= 4 is 33.8 Å². The van der Waals surface area contributed by atoms with Crippen LogP contribution < -0.4 is 10.6 Å². The molecule has 0 aliphatic carbocycles. The molecule has 0 radical (unpaired) electrons. The lowest BCUT2D eigenvalue weighted by molar-refractivity contribution is -0.135. The van der Waals surface area contributed by atoms with Crippen molar-refractivity contribution in [1.82, 2.24) is 15.5 Å². The van der Waals surface area contributed by atoms with E-state index in [1.165, 1.54) is 0 Å². The van der Waals surface area contributed by atoms with Crippen molar-refractivity contribution in [3.05, 3.63) is 34.3 Å². The maximum Gasteiger partial charge on any atom is 0.325 e. The number of nitrogens with zero attached hydrogens (tertiary/aromatic N) is 1. The second kappa shape index (κ2) is 6.93. The highest BCUT2D eigenvalue weighted by atomic mass is 79.9. The molecule has 2 atom stereocenters. The standard InChI is InChI=1S/C17H22BrN3O3/c1-10(2)11(3)19-14(22)9-21-15(23)17(4,20-16(21)24)12-6-5-7-13(18)8-12/h5-8,10-11H,9H2,1-4H3,(H,19,22)(H,20,24)/t11-,17-/m0/s1. The molecule has 1 fully saturated rings. The lowest BCUT2D eigenvalue weighted by Gasteiger charge is -2.23. The molecule has 1 saturated heterocycles. The van der Waals surface area contributed by atoms with Crippen molar-refractivity contribution in [3.63, 3.8) is 0 Å². The predicted octanol–water partition coefficient (Wildman–Crippen LogP) is 2.38. The van der Waals surface area contributed by atoms with Gasteiger partial charge in [-0.1, -0.05) is 41.9 Å². The van der Waals surface area contributed by atoms with Gasteiger partial charge in [-0.25, -0.2) is 4.79 Å². The van der Waals surface area contributed by atoms with E-state index in [0.717, 1.165) is 9.37 Å². The minimum atomic E-state index is -1.18. The summed E-state index contributed by atoms with van der Waals surface area (Å²) in [5, 5.41) is 5.49. The monoisotopic (exact) mass is 395 g/mol. The van der Waals surface area contributed by atoms with Gasteiger partial charge in [-0.3, -0.25) is 14.5 Å². The molecule has 1 aromatic rings. The van der Waals surface area contributed by atoms with Gasteiger partial charge in [0, 0.05) is 10.5 Å². The number of halogens is 1. The molecule has 2 N–H and O–H groups in total. The van der Waals surface area contributed by atoms with Crippen molar-refractivity contribution < 1.29 is 14.4 Å². The number of hydrogen-bond acceptors (Lipinski definition) is 3. The fraction of sp³-hybridized carbons (Fsp3) is 0.471. The third-order valence-corrected chi connectivity index (χ3v) is 4.86. The van der Waals surface area contributed by atoms with Crippen LogP contribution in [-0.2, 0) is 15.1 Å². The molecule has 6 nitrogen and oxygen atoms in total. The molecule has 1 aliphatic rings. The third-order valence-electron chi connectivity index (χ3n) is 4.37. The van der Waals surface area contributed by atoms with Crippen LogP contribution in [0.4, 0.5) is 4.79 Å². The van der Waals surface area contributed by atoms with Crippen molar-refractivity contribution in [1.29, 1.82) is 0 Å². The van der Waals surface area contributed by atoms with Crippen LogP contribution in [0.25, 0.3) is 0 Å². The number of nitrogens with one attached hydrogen (secondary N) is 2. The zero-order valence-electron chi connectivity index (χ0n) is 14.2. The Morgan fingerprint density at radius 3 is 2.58 bits per heavy atom. The van der Waals surface area contributed by atoms with Crippen molar-refractivity contribution in [2.24, 2.45) is 5.92 Å². The van der Waals surface area contributed by atoms with Crippen LogP contribution in [-0.4, -0.2) is 35.3 Å². The highest BCUT2D eigenvalue weighted by molar-refractivity contribution is 9.10. The Balaban J connectivity index is 2.15. The van der Waals surface area contributed by atoms with E-state index in [4.69, 9.17) is 0 Å². The maximum atomic E-state index is 12.8. The highest BCUT2D eigenvalue weighted by Crippen LogP contribution is 2.30. The van der Waals surface area contributed by atoms with E-state index < -0.39 is 17.5 Å². The first kappa shape index (κ1) is 18.4. The number of benzene rings is 1. The van der Waals surface area contributed by atoms with E-state index in [1.807, 2.05) is 26.8 Å². The van der Waals surface area contributed by atoms with Crippen LogP contribution in [0, 0.1) is 5.92 Å². The van der Waals surface area contributed by atoms with Gasteiger partial charge in [-0.15, -0.1) is 0 Å². The molecule has 0 spiro atoms. The van der Waals surface area contributed by atoms with E-state index >= 15 is 0 Å². The number of carbonyl (C=O) groups excluding carboxylic acids is 3. The topological polar surface area (TPSA) is 78.5 Å². The molecule has 2 rings (SSSR count). The van der Waals surface area contributed by atoms with Crippen LogP contribution in [0.15, 0.2) is 28.7 Å². The smallest absolute Gasteiger partial charge is 0.325 e. The second-order valence-corrected chi connectivity index (χ2v) is 7.47. The lowest BCUT2D eigenvalue weighted by atomic mass is 9.92. The normalized spacial score (nSPS) is 21.8. The number of hydrogen-bond donors (Lipinski definition) is 2. The first-order valence-corrected chi connectivity index (χ1v) is 8.64. The lowest BCUT2D eigenvalue weighted by Crippen LogP contribution is -2.46. The first-order chi connectivity index (χ1) is 11.1. The van der Waals surface area contributed by atoms with Gasteiger partial charge in [0.25, 0.3) is 5.91 Å². The summed E-state index contributed by atoms with van der Waals surface area (Å²) >= 11 is 3.36. The van der Waals surface area contributed by atoms with Gasteiger partial charge in [-0.05, 0) is 37.5 Å². The molecule has 0 saturated carbocycles. The average Bonchev–Trinajstić information content (AvgIpc) is 2.71. The van der Waals surface area contributed by atoms with Crippen LogP contribution >= 0.6 is 15.9 Å². The summed E-state index contributed by atoms with van der Waals surface area (Å²) in [6.45, 7) is 7.22. The van der Waals surface area contributed by atoms with Crippen LogP contribution in [0.1, 0.15) is 33.3 Å². The summed E-state index contributed by atoms with van der Waals surface area (Å²) < 4.78 is 0.810. The molecular weight excluding hydrogens is 374 g/mol. The molecular formula is C17H22BrN3O3. The van der Waals surface area contributed by atoms with E-state index in [-0.39, 0.29) is 24.4 Å². The molecule has 0 aromatic heterocycles. The first-order valence-electron chi connectivity index (χ1n) is 7.84. The Morgan fingerprint density at radius 2 is 2.00 bits per heavy atom. The van der Waals surface area contributed by atoms with Crippen molar-refractivity contribution in [2.45, 2.75) is 39.3 Å². The highest BCUT2D eigenvalue weighted by Gasteiger charge is 2.49. The fourth-order valence-corrected chi connectivity index (χ4v) is 2.84. The molecule has 130 valence electrons. The van der Waals surface area contributed by atoms with Gasteiger partial charge in [-0.2, -0.15) is 0 Å². The fourth-order valence-electron chi connectivity index (χ4n) is 2.45. The van der Waals surface area contributed by atoms with Gasteiger partial charge in [0.1, 0.15) is 12.1 Å². The van der Waals surface area contributed by atoms with Crippen LogP contribution in [0.5, 0.6) is 0 Å². The van der Waals surface area contributed by atoms with Gasteiger partial charge >= 0.3 is 6.03 Å². The summed E-state index contributed by atoms with van der Waals surface area (Å²) in [5.74, 6) is -0.514. The second-order valence-electron chi connectivity index (χ2n) is 6.56. The molecule has 4 amide bonds. The summed E-state index contributed by atoms with van der Waals surface area (Å²) in [7, 11) is 0. The van der Waals surface area contributed by atoms with E-state index in [0.29, 0.717) is 5.56 Å². The number of carbonyl (C=O) groups is 3. The Labute approximate surface area is 150 Å². The molecule has 0 bridgehead atoms. The van der Waals surface area contributed by atoms with Gasteiger partial charge in [0.2, 0.25) is 5.91 Å². The number of imide groups is 1. The van der Waals surface area contributed by atoms with E-state index in [2.05, 4.69) is 26.6 Å². The van der Waals surface area contributed by atoms with Gasteiger partial charge in [0.15, 0.2) is 0 Å². The SMILES string of the molecule is CC(C)[C@H](C)NC(=O)CN1C(=O)N[C@@](C)(c2cccc(Br)c2)C1=O. The molecule has 24 heavy (non-hydrogen) atoms. The van der Waals surface area contributed by atoms with Gasteiger partial charge < -0.3 is 10.6 Å². The van der Waals surface area contributed by atoms with Crippen LogP contribution in [0.3, 0.4) is 0 Å². The molecule has 0 unspecified atom stereocenters. The predicted molar refractivity (Wildman–Crippen MR) is 94.2 cm³/mol. The minimum Gasteiger partial charge on any atom is -0.352 e. The Bertz CT molecular complexity index is 677. The zero-order valence-corrected chi connectivity index (χ0v) is 15.8. The largest absolute Gasteiger partial charge is 0.352 e. The minimum absolute atomic E-state index is 0.0327. The van der Waals surface area contributed by atoms with Crippen molar-refractivity contribution in [2.75, 3.05) is 6.54 Å².